The van der Waals surface area contributed by atoms with Crippen molar-refractivity contribution < 1.29 is 4.74 Å². The van der Waals surface area contributed by atoms with Gasteiger partial charge in [-0.15, -0.1) is 11.3 Å². The van der Waals surface area contributed by atoms with Crippen LogP contribution < -0.4 is 10.2 Å². The molecule has 1 aromatic rings. The zero-order valence-corrected chi connectivity index (χ0v) is 14.0. The molecule has 20 heavy (non-hydrogen) atoms. The molecule has 1 aromatic heterocycles. The smallest absolute Gasteiger partial charge is 0.185 e. The van der Waals surface area contributed by atoms with Crippen LogP contribution in [0.4, 0.5) is 5.13 Å². The Bertz CT molecular complexity index is 421. The first-order chi connectivity index (χ1) is 9.55. The normalized spacial score (nSPS) is 18.5. The lowest BCUT2D eigenvalue weighted by molar-refractivity contribution is 0.181. The molecule has 1 fully saturated rings. The van der Waals surface area contributed by atoms with Crippen LogP contribution in [0.5, 0.6) is 0 Å². The summed E-state index contributed by atoms with van der Waals surface area (Å²) in [6.45, 7) is 11.6. The summed E-state index contributed by atoms with van der Waals surface area (Å²) < 4.78 is 5.28. The molecule has 0 amide bonds. The van der Waals surface area contributed by atoms with E-state index in [1.54, 1.807) is 7.11 Å². The van der Waals surface area contributed by atoms with E-state index in [-0.39, 0.29) is 0 Å². The number of nitrogens with one attached hydrogen (secondary N) is 1. The minimum atomic E-state index is 0.482. The maximum absolute atomic E-state index is 5.28. The molecule has 0 saturated carbocycles. The Kier molecular flexibility index (Phi) is 5.41. The van der Waals surface area contributed by atoms with Crippen molar-refractivity contribution in [1.82, 2.24) is 10.3 Å². The number of ether oxygens (including phenoxy) is 1. The molecule has 0 bridgehead atoms. The van der Waals surface area contributed by atoms with Gasteiger partial charge < -0.3 is 15.0 Å². The van der Waals surface area contributed by atoms with Crippen molar-refractivity contribution in [3.63, 3.8) is 0 Å². The number of nitrogens with zero attached hydrogens (tertiary/aromatic N) is 2. The number of methoxy groups -OCH3 is 1. The van der Waals surface area contributed by atoms with Gasteiger partial charge in [-0.05, 0) is 24.8 Å². The lowest BCUT2D eigenvalue weighted by atomic mass is 9.83. The second-order valence-corrected chi connectivity index (χ2v) is 7.29. The van der Waals surface area contributed by atoms with Gasteiger partial charge in [0.25, 0.3) is 0 Å². The molecule has 2 heterocycles. The first-order valence-electron chi connectivity index (χ1n) is 7.49. The molecule has 0 aliphatic carbocycles. The fourth-order valence-corrected chi connectivity index (χ4v) is 3.52. The zero-order chi connectivity index (χ0) is 14.6. The van der Waals surface area contributed by atoms with Crippen LogP contribution in [0.25, 0.3) is 0 Å². The molecule has 0 spiro atoms. The summed E-state index contributed by atoms with van der Waals surface area (Å²) in [6, 6.07) is 0. The van der Waals surface area contributed by atoms with Crippen molar-refractivity contribution in [2.24, 2.45) is 5.41 Å². The van der Waals surface area contributed by atoms with Crippen LogP contribution in [-0.2, 0) is 17.9 Å². The van der Waals surface area contributed by atoms with Gasteiger partial charge in [-0.2, -0.15) is 0 Å². The molecule has 5 heteroatoms. The molecule has 4 nitrogen and oxygen atoms in total. The predicted molar refractivity (Wildman–Crippen MR) is 85.4 cm³/mol. The third-order valence-corrected chi connectivity index (χ3v) is 5.13. The summed E-state index contributed by atoms with van der Waals surface area (Å²) in [5.74, 6) is 0. The van der Waals surface area contributed by atoms with Crippen molar-refractivity contribution in [3.05, 3.63) is 10.6 Å². The standard InChI is InChI=1S/C15H27N3OS/c1-5-16-10-13-12(11-19-4)17-14(20-13)18-8-6-15(2,3)7-9-18/h16H,5-11H2,1-4H3. The molecule has 0 atom stereocenters. The maximum atomic E-state index is 5.28. The van der Waals surface area contributed by atoms with Crippen LogP contribution in [-0.4, -0.2) is 31.7 Å². The van der Waals surface area contributed by atoms with Gasteiger partial charge in [0.05, 0.1) is 12.3 Å². The van der Waals surface area contributed by atoms with Gasteiger partial charge >= 0.3 is 0 Å². The first-order valence-corrected chi connectivity index (χ1v) is 8.30. The highest BCUT2D eigenvalue weighted by Gasteiger charge is 2.27. The number of hydrogen-bond donors (Lipinski definition) is 1. The highest BCUT2D eigenvalue weighted by Crippen LogP contribution is 2.34. The van der Waals surface area contributed by atoms with Crippen LogP contribution in [0.15, 0.2) is 0 Å². The number of aromatic nitrogens is 1. The Hall–Kier alpha value is -0.650. The molecular weight excluding hydrogens is 270 g/mol. The SMILES string of the molecule is CCNCc1sc(N2CCC(C)(C)CC2)nc1COC. The fourth-order valence-electron chi connectivity index (χ4n) is 2.43. The van der Waals surface area contributed by atoms with E-state index in [2.05, 4.69) is 31.0 Å². The molecule has 0 aromatic carbocycles. The molecule has 2 rings (SSSR count). The van der Waals surface area contributed by atoms with Crippen LogP contribution in [0.2, 0.25) is 0 Å². The van der Waals surface area contributed by atoms with E-state index in [4.69, 9.17) is 9.72 Å². The number of anilines is 1. The van der Waals surface area contributed by atoms with Gasteiger partial charge in [0.1, 0.15) is 0 Å². The summed E-state index contributed by atoms with van der Waals surface area (Å²) in [5.41, 5.74) is 1.58. The second-order valence-electron chi connectivity index (χ2n) is 6.23. The van der Waals surface area contributed by atoms with Gasteiger partial charge in [-0.25, -0.2) is 4.98 Å². The van der Waals surface area contributed by atoms with Crippen molar-refractivity contribution in [1.29, 1.82) is 0 Å². The average molecular weight is 297 g/mol. The van der Waals surface area contributed by atoms with E-state index in [9.17, 15) is 0 Å². The maximum Gasteiger partial charge on any atom is 0.185 e. The monoisotopic (exact) mass is 297 g/mol. The molecule has 0 radical (unpaired) electrons. The van der Waals surface area contributed by atoms with Gasteiger partial charge in [0.2, 0.25) is 0 Å². The third kappa shape index (κ3) is 3.93. The summed E-state index contributed by atoms with van der Waals surface area (Å²) in [6.07, 6.45) is 2.49. The zero-order valence-electron chi connectivity index (χ0n) is 13.2. The summed E-state index contributed by atoms with van der Waals surface area (Å²) in [7, 11) is 1.74. The minimum Gasteiger partial charge on any atom is -0.378 e. The Morgan fingerprint density at radius 2 is 2.05 bits per heavy atom. The summed E-state index contributed by atoms with van der Waals surface area (Å²) in [4.78, 5) is 8.55. The van der Waals surface area contributed by atoms with E-state index >= 15 is 0 Å². The van der Waals surface area contributed by atoms with Crippen molar-refractivity contribution in [3.8, 4) is 0 Å². The topological polar surface area (TPSA) is 37.4 Å². The van der Waals surface area contributed by atoms with Crippen LogP contribution in [0, 0.1) is 5.41 Å². The van der Waals surface area contributed by atoms with Gasteiger partial charge in [0, 0.05) is 31.6 Å². The van der Waals surface area contributed by atoms with E-state index in [0.717, 1.165) is 31.9 Å². The first kappa shape index (κ1) is 15.7. The predicted octanol–water partition coefficient (Wildman–Crippen LogP) is 3.03. The fraction of sp³-hybridized carbons (Fsp3) is 0.800. The average Bonchev–Trinajstić information content (AvgIpc) is 2.80. The van der Waals surface area contributed by atoms with E-state index in [1.165, 1.54) is 22.9 Å². The number of rotatable bonds is 6. The molecule has 1 saturated heterocycles. The van der Waals surface area contributed by atoms with Crippen LogP contribution in [0.1, 0.15) is 44.2 Å². The van der Waals surface area contributed by atoms with Crippen molar-refractivity contribution >= 4 is 16.5 Å². The Balaban J connectivity index is 2.08. The highest BCUT2D eigenvalue weighted by molar-refractivity contribution is 7.15. The quantitative estimate of drug-likeness (QED) is 0.876. The largest absolute Gasteiger partial charge is 0.378 e. The van der Waals surface area contributed by atoms with Gasteiger partial charge in [0.15, 0.2) is 5.13 Å². The second kappa shape index (κ2) is 6.87. The van der Waals surface area contributed by atoms with E-state index in [1.807, 2.05) is 11.3 Å². The summed E-state index contributed by atoms with van der Waals surface area (Å²) in [5, 5.41) is 4.56. The highest BCUT2D eigenvalue weighted by atomic mass is 32.1. The van der Waals surface area contributed by atoms with Gasteiger partial charge in [-0.1, -0.05) is 20.8 Å². The molecule has 114 valence electrons. The molecule has 1 aliphatic heterocycles. The number of piperidine rings is 1. The summed E-state index contributed by atoms with van der Waals surface area (Å²) >= 11 is 1.82. The lowest BCUT2D eigenvalue weighted by Gasteiger charge is -2.36. The van der Waals surface area contributed by atoms with Crippen molar-refractivity contribution in [2.75, 3.05) is 31.6 Å². The van der Waals surface area contributed by atoms with E-state index < -0.39 is 0 Å². The molecule has 1 aliphatic rings. The number of hydrogen-bond acceptors (Lipinski definition) is 5. The van der Waals surface area contributed by atoms with E-state index in [0.29, 0.717) is 12.0 Å². The Morgan fingerprint density at radius 3 is 2.65 bits per heavy atom. The van der Waals surface area contributed by atoms with Crippen LogP contribution >= 0.6 is 11.3 Å². The molecule has 1 N–H and O–H groups in total. The Labute approximate surface area is 126 Å². The van der Waals surface area contributed by atoms with Gasteiger partial charge in [-0.3, -0.25) is 0 Å². The molecular formula is C15H27N3OS. The Morgan fingerprint density at radius 1 is 1.35 bits per heavy atom. The van der Waals surface area contributed by atoms with Crippen molar-refractivity contribution in [2.45, 2.75) is 46.8 Å². The number of thiazole rings is 1. The third-order valence-electron chi connectivity index (χ3n) is 3.97. The van der Waals surface area contributed by atoms with Crippen LogP contribution in [0.3, 0.4) is 0 Å². The molecule has 0 unspecified atom stereocenters. The lowest BCUT2D eigenvalue weighted by Crippen LogP contribution is -2.37. The minimum absolute atomic E-state index is 0.482.